The maximum atomic E-state index is 12.1. The minimum atomic E-state index is -0.397. The largest absolute Gasteiger partial charge is 0.291 e. The zero-order chi connectivity index (χ0) is 17.8. The monoisotopic (exact) mass is 375 g/mol. The Labute approximate surface area is 152 Å². The van der Waals surface area contributed by atoms with Crippen molar-refractivity contribution >= 4 is 46.9 Å². The molecule has 25 heavy (non-hydrogen) atoms. The van der Waals surface area contributed by atoms with Gasteiger partial charge in [-0.05, 0) is 48.5 Å². The van der Waals surface area contributed by atoms with Crippen LogP contribution in [0.2, 0.25) is 10.0 Å². The van der Waals surface area contributed by atoms with E-state index in [0.29, 0.717) is 21.2 Å². The van der Waals surface area contributed by atoms with Crippen LogP contribution in [-0.2, 0) is 0 Å². The van der Waals surface area contributed by atoms with Gasteiger partial charge in [-0.1, -0.05) is 23.2 Å². The maximum Gasteiger partial charge on any atom is 0.258 e. The molecule has 1 aromatic heterocycles. The van der Waals surface area contributed by atoms with Gasteiger partial charge in [0, 0.05) is 21.2 Å². The number of carbonyl (C=O) groups excluding carboxylic acids is 2. The van der Waals surface area contributed by atoms with Gasteiger partial charge in [-0.2, -0.15) is 4.98 Å². The Morgan fingerprint density at radius 3 is 1.80 bits per heavy atom. The summed E-state index contributed by atoms with van der Waals surface area (Å²) in [5.74, 6) is -0.646. The predicted octanol–water partition coefficient (Wildman–Crippen LogP) is 3.62. The van der Waals surface area contributed by atoms with Crippen LogP contribution in [-0.4, -0.2) is 27.0 Å². The second-order valence-electron chi connectivity index (χ2n) is 4.93. The van der Waals surface area contributed by atoms with Crippen molar-refractivity contribution in [2.75, 3.05) is 10.6 Å². The zero-order valence-electron chi connectivity index (χ0n) is 12.6. The molecule has 2 aromatic carbocycles. The fourth-order valence-electron chi connectivity index (χ4n) is 1.93. The second-order valence-corrected chi connectivity index (χ2v) is 5.80. The van der Waals surface area contributed by atoms with Gasteiger partial charge in [-0.3, -0.25) is 20.2 Å². The molecule has 0 radical (unpaired) electrons. The fraction of sp³-hybridized carbons (Fsp3) is 0. The van der Waals surface area contributed by atoms with E-state index in [1.807, 2.05) is 0 Å². The highest BCUT2D eigenvalue weighted by molar-refractivity contribution is 6.31. The molecule has 3 N–H and O–H groups in total. The predicted molar refractivity (Wildman–Crippen MR) is 95.2 cm³/mol. The number of benzene rings is 2. The van der Waals surface area contributed by atoms with Crippen molar-refractivity contribution in [1.82, 2.24) is 15.2 Å². The quantitative estimate of drug-likeness (QED) is 0.648. The van der Waals surface area contributed by atoms with Crippen LogP contribution < -0.4 is 10.6 Å². The van der Waals surface area contributed by atoms with E-state index in [9.17, 15) is 9.59 Å². The molecule has 2 amide bonds. The van der Waals surface area contributed by atoms with Gasteiger partial charge in [0.25, 0.3) is 17.8 Å². The van der Waals surface area contributed by atoms with Crippen molar-refractivity contribution in [2.45, 2.75) is 0 Å². The highest BCUT2D eigenvalue weighted by Crippen LogP contribution is 2.13. The van der Waals surface area contributed by atoms with Gasteiger partial charge in [-0.25, -0.2) is 5.10 Å². The average molecular weight is 376 g/mol. The number of halogens is 2. The van der Waals surface area contributed by atoms with E-state index in [2.05, 4.69) is 25.8 Å². The molecular formula is C16H11Cl2N5O2. The lowest BCUT2D eigenvalue weighted by molar-refractivity contribution is 0.101. The number of H-pyrrole nitrogens is 1. The molecule has 0 atom stereocenters. The van der Waals surface area contributed by atoms with Crippen LogP contribution in [0.4, 0.5) is 11.9 Å². The molecule has 0 aliphatic rings. The lowest BCUT2D eigenvalue weighted by Gasteiger charge is -2.01. The summed E-state index contributed by atoms with van der Waals surface area (Å²) in [6, 6.07) is 12.7. The maximum absolute atomic E-state index is 12.1. The molecule has 126 valence electrons. The Balaban J connectivity index is 1.64. The number of aromatic amines is 1. The van der Waals surface area contributed by atoms with Crippen LogP contribution >= 0.6 is 23.2 Å². The number of nitrogens with zero attached hydrogens (tertiary/aromatic N) is 2. The summed E-state index contributed by atoms with van der Waals surface area (Å²) in [5.41, 5.74) is 0.813. The van der Waals surface area contributed by atoms with Gasteiger partial charge in [0.05, 0.1) is 0 Å². The SMILES string of the molecule is O=C(Nc1n[nH]c(NC(=O)c2ccc(Cl)cc2)n1)c1ccc(Cl)cc1. The van der Waals surface area contributed by atoms with E-state index in [1.54, 1.807) is 48.5 Å². The molecule has 0 fully saturated rings. The van der Waals surface area contributed by atoms with Crippen molar-refractivity contribution in [2.24, 2.45) is 0 Å². The van der Waals surface area contributed by atoms with E-state index in [4.69, 9.17) is 23.2 Å². The van der Waals surface area contributed by atoms with E-state index in [-0.39, 0.29) is 17.8 Å². The number of nitrogens with one attached hydrogen (secondary N) is 3. The molecule has 0 bridgehead atoms. The summed E-state index contributed by atoms with van der Waals surface area (Å²) in [4.78, 5) is 28.1. The van der Waals surface area contributed by atoms with E-state index in [0.717, 1.165) is 0 Å². The molecule has 9 heteroatoms. The van der Waals surface area contributed by atoms with E-state index < -0.39 is 5.91 Å². The number of hydrogen-bond acceptors (Lipinski definition) is 4. The Hall–Kier alpha value is -2.90. The molecular weight excluding hydrogens is 365 g/mol. The fourth-order valence-corrected chi connectivity index (χ4v) is 2.18. The van der Waals surface area contributed by atoms with Crippen molar-refractivity contribution in [1.29, 1.82) is 0 Å². The van der Waals surface area contributed by atoms with Crippen molar-refractivity contribution in [3.05, 3.63) is 69.7 Å². The van der Waals surface area contributed by atoms with Gasteiger partial charge in [0.1, 0.15) is 0 Å². The number of carbonyl (C=O) groups is 2. The number of hydrogen-bond donors (Lipinski definition) is 3. The zero-order valence-corrected chi connectivity index (χ0v) is 14.1. The Kier molecular flexibility index (Phi) is 4.97. The Morgan fingerprint density at radius 1 is 0.800 bits per heavy atom. The van der Waals surface area contributed by atoms with Gasteiger partial charge < -0.3 is 0 Å². The van der Waals surface area contributed by atoms with Crippen LogP contribution in [0.5, 0.6) is 0 Å². The first-order valence-electron chi connectivity index (χ1n) is 7.07. The summed E-state index contributed by atoms with van der Waals surface area (Å²) in [5, 5.41) is 12.5. The molecule has 1 heterocycles. The molecule has 0 aliphatic heterocycles. The summed E-state index contributed by atoms with van der Waals surface area (Å²) < 4.78 is 0. The molecule has 0 unspecified atom stereocenters. The second kappa shape index (κ2) is 7.33. The van der Waals surface area contributed by atoms with Crippen LogP contribution in [0.15, 0.2) is 48.5 Å². The third-order valence-corrected chi connectivity index (χ3v) is 3.66. The smallest absolute Gasteiger partial charge is 0.258 e. The minimum Gasteiger partial charge on any atom is -0.291 e. The number of rotatable bonds is 4. The third-order valence-electron chi connectivity index (χ3n) is 3.16. The molecule has 0 saturated heterocycles. The lowest BCUT2D eigenvalue weighted by Crippen LogP contribution is -2.14. The van der Waals surface area contributed by atoms with Crippen LogP contribution in [0.3, 0.4) is 0 Å². The summed E-state index contributed by atoms with van der Waals surface area (Å²) in [6.45, 7) is 0. The first kappa shape index (κ1) is 16.9. The third kappa shape index (κ3) is 4.34. The van der Waals surface area contributed by atoms with Crippen LogP contribution in [0.1, 0.15) is 20.7 Å². The number of aromatic nitrogens is 3. The topological polar surface area (TPSA) is 99.8 Å². The first-order chi connectivity index (χ1) is 12.0. The normalized spacial score (nSPS) is 10.3. The average Bonchev–Trinajstić information content (AvgIpc) is 3.02. The summed E-state index contributed by atoms with van der Waals surface area (Å²) in [7, 11) is 0. The number of anilines is 2. The Morgan fingerprint density at radius 2 is 1.28 bits per heavy atom. The molecule has 7 nitrogen and oxygen atoms in total. The van der Waals surface area contributed by atoms with Crippen molar-refractivity contribution < 1.29 is 9.59 Å². The highest BCUT2D eigenvalue weighted by Gasteiger charge is 2.12. The van der Waals surface area contributed by atoms with Crippen LogP contribution in [0.25, 0.3) is 0 Å². The van der Waals surface area contributed by atoms with Gasteiger partial charge in [0.2, 0.25) is 5.95 Å². The van der Waals surface area contributed by atoms with Gasteiger partial charge >= 0.3 is 0 Å². The minimum absolute atomic E-state index is 0.0337. The van der Waals surface area contributed by atoms with Crippen LogP contribution in [0, 0.1) is 0 Å². The standard InChI is InChI=1S/C16H11Cl2N5O2/c17-11-5-1-9(2-6-11)13(24)19-15-21-16(23-22-15)20-14(25)10-3-7-12(18)8-4-10/h1-8H,(H3,19,20,21,22,23,24,25). The number of amides is 2. The van der Waals surface area contributed by atoms with E-state index >= 15 is 0 Å². The van der Waals surface area contributed by atoms with Crippen molar-refractivity contribution in [3.8, 4) is 0 Å². The first-order valence-corrected chi connectivity index (χ1v) is 7.83. The molecule has 0 aliphatic carbocycles. The van der Waals surface area contributed by atoms with Gasteiger partial charge in [-0.15, -0.1) is 5.10 Å². The molecule has 0 spiro atoms. The van der Waals surface area contributed by atoms with Crippen molar-refractivity contribution in [3.63, 3.8) is 0 Å². The summed E-state index contributed by atoms with van der Waals surface area (Å²) >= 11 is 11.6. The summed E-state index contributed by atoms with van der Waals surface area (Å²) in [6.07, 6.45) is 0. The molecule has 0 saturated carbocycles. The Bertz CT molecular complexity index is 833. The molecule has 3 rings (SSSR count). The van der Waals surface area contributed by atoms with E-state index in [1.165, 1.54) is 0 Å². The lowest BCUT2D eigenvalue weighted by atomic mass is 10.2. The highest BCUT2D eigenvalue weighted by atomic mass is 35.5. The van der Waals surface area contributed by atoms with Gasteiger partial charge in [0.15, 0.2) is 0 Å². The molecule has 3 aromatic rings.